The van der Waals surface area contributed by atoms with Crippen LogP contribution in [0.15, 0.2) is 140 Å². The molecule has 0 N–H and O–H groups in total. The van der Waals surface area contributed by atoms with Gasteiger partial charge in [-0.2, -0.15) is 0 Å². The zero-order valence-electron chi connectivity index (χ0n) is 23.5. The van der Waals surface area contributed by atoms with Crippen molar-refractivity contribution in [2.24, 2.45) is 0 Å². The Morgan fingerprint density at radius 3 is 1.86 bits per heavy atom. The number of para-hydroxylation sites is 3. The molecule has 0 atom stereocenters. The number of hydrogen-bond acceptors (Lipinski definition) is 3. The SMILES string of the molecule is c1ccc(-c2nc(-n3c4ccccc4c4ccc5c(nc6c7ccccc7c7ccccc7n56)c43)nc3ccccc23)cc1. The average molecular weight is 562 g/mol. The molecule has 10 rings (SSSR count). The molecule has 0 aliphatic carbocycles. The van der Waals surface area contributed by atoms with Crippen LogP contribution in [0.1, 0.15) is 0 Å². The van der Waals surface area contributed by atoms with Crippen LogP contribution in [0.4, 0.5) is 0 Å². The number of benzene rings is 6. The first-order valence-electron chi connectivity index (χ1n) is 14.8. The van der Waals surface area contributed by atoms with Crippen LogP contribution in [-0.2, 0) is 0 Å². The van der Waals surface area contributed by atoms with Crippen LogP contribution >= 0.6 is 0 Å². The molecule has 0 amide bonds. The second-order valence-electron chi connectivity index (χ2n) is 11.3. The highest BCUT2D eigenvalue weighted by atomic mass is 15.2. The summed E-state index contributed by atoms with van der Waals surface area (Å²) in [6.07, 6.45) is 0. The lowest BCUT2D eigenvalue weighted by atomic mass is 10.1. The van der Waals surface area contributed by atoms with Crippen LogP contribution in [0.5, 0.6) is 0 Å². The Bertz CT molecular complexity index is 2770. The van der Waals surface area contributed by atoms with E-state index in [1.807, 2.05) is 18.2 Å². The smallest absolute Gasteiger partial charge is 0.235 e. The number of hydrogen-bond donors (Lipinski definition) is 0. The summed E-state index contributed by atoms with van der Waals surface area (Å²) in [7, 11) is 0. The van der Waals surface area contributed by atoms with E-state index >= 15 is 0 Å². The number of pyridine rings is 1. The lowest BCUT2D eigenvalue weighted by Crippen LogP contribution is -2.03. The summed E-state index contributed by atoms with van der Waals surface area (Å²) in [5.74, 6) is 0.632. The number of rotatable bonds is 2. The zero-order valence-corrected chi connectivity index (χ0v) is 23.5. The van der Waals surface area contributed by atoms with Gasteiger partial charge in [0, 0.05) is 32.5 Å². The molecule has 0 saturated carbocycles. The molecule has 4 heterocycles. The topological polar surface area (TPSA) is 48.0 Å². The van der Waals surface area contributed by atoms with Crippen LogP contribution in [0, 0.1) is 0 Å². The number of nitrogens with zero attached hydrogens (tertiary/aromatic N) is 5. The molecule has 204 valence electrons. The third-order valence-corrected chi connectivity index (χ3v) is 8.90. The maximum atomic E-state index is 5.43. The van der Waals surface area contributed by atoms with E-state index < -0.39 is 0 Å². The van der Waals surface area contributed by atoms with Gasteiger partial charge in [-0.3, -0.25) is 8.97 Å². The summed E-state index contributed by atoms with van der Waals surface area (Å²) in [5.41, 5.74) is 9.01. The molecule has 5 nitrogen and oxygen atoms in total. The van der Waals surface area contributed by atoms with Crippen LogP contribution in [-0.4, -0.2) is 23.9 Å². The van der Waals surface area contributed by atoms with Gasteiger partial charge in [-0.15, -0.1) is 0 Å². The van der Waals surface area contributed by atoms with Gasteiger partial charge < -0.3 is 0 Å². The summed E-state index contributed by atoms with van der Waals surface area (Å²) < 4.78 is 4.52. The summed E-state index contributed by atoms with van der Waals surface area (Å²) in [4.78, 5) is 15.9. The van der Waals surface area contributed by atoms with Crippen molar-refractivity contribution < 1.29 is 0 Å². The van der Waals surface area contributed by atoms with E-state index in [0.29, 0.717) is 5.95 Å². The minimum absolute atomic E-state index is 0.632. The van der Waals surface area contributed by atoms with Crippen molar-refractivity contribution in [3.8, 4) is 17.2 Å². The molecular formula is C39H23N5. The number of fused-ring (bicyclic) bond motifs is 13. The molecule has 0 saturated heterocycles. The van der Waals surface area contributed by atoms with Gasteiger partial charge in [-0.25, -0.2) is 15.0 Å². The fraction of sp³-hybridized carbons (Fsp3) is 0. The second kappa shape index (κ2) is 8.72. The first-order chi connectivity index (χ1) is 21.8. The largest absolute Gasteiger partial charge is 0.292 e. The molecular weight excluding hydrogens is 538 g/mol. The molecule has 0 spiro atoms. The highest BCUT2D eigenvalue weighted by Crippen LogP contribution is 2.39. The number of imidazole rings is 1. The fourth-order valence-corrected chi connectivity index (χ4v) is 7.01. The van der Waals surface area contributed by atoms with Crippen molar-refractivity contribution in [2.45, 2.75) is 0 Å². The van der Waals surface area contributed by atoms with Gasteiger partial charge in [0.15, 0.2) is 0 Å². The first kappa shape index (κ1) is 23.5. The Hall–Kier alpha value is -6.07. The Kier molecular flexibility index (Phi) is 4.66. The summed E-state index contributed by atoms with van der Waals surface area (Å²) in [6, 6.07) is 48.8. The molecule has 5 heteroatoms. The quantitative estimate of drug-likeness (QED) is 0.198. The van der Waals surface area contributed by atoms with E-state index in [2.05, 4.69) is 130 Å². The van der Waals surface area contributed by atoms with Crippen molar-refractivity contribution in [3.05, 3.63) is 140 Å². The molecule has 0 bridgehead atoms. The fourth-order valence-electron chi connectivity index (χ4n) is 7.01. The van der Waals surface area contributed by atoms with E-state index in [4.69, 9.17) is 15.0 Å². The van der Waals surface area contributed by atoms with Crippen molar-refractivity contribution in [1.82, 2.24) is 23.9 Å². The van der Waals surface area contributed by atoms with Crippen LogP contribution in [0.3, 0.4) is 0 Å². The molecule has 0 fully saturated rings. The van der Waals surface area contributed by atoms with Gasteiger partial charge >= 0.3 is 0 Å². The Morgan fingerprint density at radius 1 is 0.409 bits per heavy atom. The van der Waals surface area contributed by atoms with Crippen LogP contribution < -0.4 is 0 Å². The molecule has 4 aromatic heterocycles. The van der Waals surface area contributed by atoms with Gasteiger partial charge in [0.05, 0.1) is 33.3 Å². The highest BCUT2D eigenvalue weighted by molar-refractivity contribution is 6.20. The normalized spacial score (nSPS) is 12.1. The van der Waals surface area contributed by atoms with E-state index in [9.17, 15) is 0 Å². The maximum absolute atomic E-state index is 5.43. The third-order valence-electron chi connectivity index (χ3n) is 8.90. The number of aromatic nitrogens is 5. The predicted molar refractivity (Wildman–Crippen MR) is 181 cm³/mol. The maximum Gasteiger partial charge on any atom is 0.235 e. The van der Waals surface area contributed by atoms with Gasteiger partial charge in [-0.1, -0.05) is 109 Å². The highest BCUT2D eigenvalue weighted by Gasteiger charge is 2.22. The second-order valence-corrected chi connectivity index (χ2v) is 11.3. The standard InChI is InChI=1S/C39H23N5/c1-2-12-24(13-3-1)35-30-18-6-9-19-31(30)40-39(42-35)44-33-21-11-8-16-27(33)28-22-23-34-36(37(28)44)41-38-29-17-5-4-14-25(29)26-15-7-10-20-32(26)43(34)38/h1-23H. The van der Waals surface area contributed by atoms with Crippen molar-refractivity contribution in [1.29, 1.82) is 0 Å². The van der Waals surface area contributed by atoms with Crippen molar-refractivity contribution >= 4 is 71.1 Å². The van der Waals surface area contributed by atoms with Gasteiger partial charge in [0.1, 0.15) is 11.2 Å². The zero-order chi connectivity index (χ0) is 28.8. The lowest BCUT2D eigenvalue weighted by molar-refractivity contribution is 1.02. The predicted octanol–water partition coefficient (Wildman–Crippen LogP) is 9.50. The molecule has 0 aliphatic heterocycles. The first-order valence-corrected chi connectivity index (χ1v) is 14.8. The summed E-state index contributed by atoms with van der Waals surface area (Å²) in [5, 5.41) is 6.84. The third kappa shape index (κ3) is 3.10. The van der Waals surface area contributed by atoms with E-state index in [-0.39, 0.29) is 0 Å². The molecule has 6 aromatic carbocycles. The minimum atomic E-state index is 0.632. The summed E-state index contributed by atoms with van der Waals surface area (Å²) in [6.45, 7) is 0. The summed E-state index contributed by atoms with van der Waals surface area (Å²) >= 11 is 0. The lowest BCUT2D eigenvalue weighted by Gasteiger charge is -2.12. The molecule has 0 aliphatic rings. The Morgan fingerprint density at radius 2 is 1.05 bits per heavy atom. The van der Waals surface area contributed by atoms with Crippen LogP contribution in [0.25, 0.3) is 88.3 Å². The Labute approximate surface area is 251 Å². The average Bonchev–Trinajstić information content (AvgIpc) is 3.65. The molecule has 0 radical (unpaired) electrons. The van der Waals surface area contributed by atoms with Gasteiger partial charge in [-0.05, 0) is 35.7 Å². The van der Waals surface area contributed by atoms with Crippen molar-refractivity contribution in [3.63, 3.8) is 0 Å². The minimum Gasteiger partial charge on any atom is -0.292 e. The van der Waals surface area contributed by atoms with E-state index in [0.717, 1.165) is 71.5 Å². The monoisotopic (exact) mass is 561 g/mol. The van der Waals surface area contributed by atoms with Gasteiger partial charge in [0.25, 0.3) is 0 Å². The van der Waals surface area contributed by atoms with Gasteiger partial charge in [0.2, 0.25) is 5.95 Å². The Balaban J connectivity index is 1.41. The van der Waals surface area contributed by atoms with E-state index in [1.165, 1.54) is 10.8 Å². The van der Waals surface area contributed by atoms with Crippen LogP contribution in [0.2, 0.25) is 0 Å². The molecule has 44 heavy (non-hydrogen) atoms. The molecule has 10 aromatic rings. The van der Waals surface area contributed by atoms with E-state index in [1.54, 1.807) is 0 Å². The molecule has 0 unspecified atom stereocenters. The van der Waals surface area contributed by atoms with Crippen molar-refractivity contribution in [2.75, 3.05) is 0 Å².